The quantitative estimate of drug-likeness (QED) is 0.851. The number of rotatable bonds is 5. The smallest absolute Gasteiger partial charge is 0.298 e. The minimum atomic E-state index is -0.0376. The van der Waals surface area contributed by atoms with E-state index < -0.39 is 0 Å². The molecule has 0 spiro atoms. The Hall–Kier alpha value is -2.66. The third kappa shape index (κ3) is 4.51. The molecule has 2 aliphatic heterocycles. The second-order valence-electron chi connectivity index (χ2n) is 8.13. The topological polar surface area (TPSA) is 46.3 Å². The summed E-state index contributed by atoms with van der Waals surface area (Å²) in [6, 6.07) is 16.4. The van der Waals surface area contributed by atoms with Gasteiger partial charge in [0, 0.05) is 6.42 Å². The molecule has 4 rings (SSSR count). The molecule has 5 heteroatoms. The minimum absolute atomic E-state index is 0.0376. The van der Waals surface area contributed by atoms with Crippen molar-refractivity contribution in [1.82, 2.24) is 5.01 Å². The number of benzene rings is 2. The molecule has 0 unspecified atom stereocenters. The van der Waals surface area contributed by atoms with Crippen molar-refractivity contribution in [2.45, 2.75) is 38.6 Å². The molecule has 1 amide bonds. The lowest BCUT2D eigenvalue weighted by molar-refractivity contribution is -0.897. The first kappa shape index (κ1) is 19.6. The summed E-state index contributed by atoms with van der Waals surface area (Å²) in [6.07, 6.45) is 4.44. The average Bonchev–Trinajstić information content (AvgIpc) is 3.21. The highest BCUT2D eigenvalue weighted by Gasteiger charge is 2.34. The number of hydrogen-bond donors (Lipinski definition) is 1. The first-order valence-corrected chi connectivity index (χ1v) is 10.6. The molecular weight excluding hydrogens is 362 g/mol. The molecule has 0 radical (unpaired) electrons. The molecule has 2 aromatic carbocycles. The van der Waals surface area contributed by atoms with E-state index in [-0.39, 0.29) is 11.9 Å². The molecule has 152 valence electrons. The molecule has 1 atom stereocenters. The van der Waals surface area contributed by atoms with Gasteiger partial charge in [0.05, 0.1) is 32.0 Å². The Labute approximate surface area is 173 Å². The minimum Gasteiger partial charge on any atom is -0.497 e. The fourth-order valence-electron chi connectivity index (χ4n) is 4.27. The second-order valence-corrected chi connectivity index (χ2v) is 8.13. The van der Waals surface area contributed by atoms with E-state index in [2.05, 4.69) is 31.2 Å². The number of likely N-dealkylation sites (tertiary alicyclic amines) is 1. The maximum Gasteiger partial charge on any atom is 0.298 e. The monoisotopic (exact) mass is 392 g/mol. The standard InChI is InChI=1S/C24H29N3O2/c1-18-6-8-20(9-7-18)23-16-22(19-10-12-21(29-2)13-11-19)25-27(23)24(28)17-26-14-4-3-5-15-26/h6-13,23H,3-5,14-17H2,1-2H3/p+1/t23-/m0/s1. The van der Waals surface area contributed by atoms with Gasteiger partial charge in [-0.15, -0.1) is 0 Å². The van der Waals surface area contributed by atoms with Gasteiger partial charge in [-0.3, -0.25) is 4.79 Å². The lowest BCUT2D eigenvalue weighted by atomic mass is 9.97. The molecule has 0 aromatic heterocycles. The van der Waals surface area contributed by atoms with E-state index in [9.17, 15) is 4.79 Å². The number of carbonyl (C=O) groups is 1. The van der Waals surface area contributed by atoms with Crippen molar-refractivity contribution < 1.29 is 14.4 Å². The van der Waals surface area contributed by atoms with Crippen LogP contribution in [0, 0.1) is 6.92 Å². The van der Waals surface area contributed by atoms with Crippen LogP contribution >= 0.6 is 0 Å². The fourth-order valence-corrected chi connectivity index (χ4v) is 4.27. The third-order valence-electron chi connectivity index (χ3n) is 6.01. The van der Waals surface area contributed by atoms with Gasteiger partial charge in [0.25, 0.3) is 5.91 Å². The summed E-state index contributed by atoms with van der Waals surface area (Å²) in [5.41, 5.74) is 4.37. The van der Waals surface area contributed by atoms with Crippen LogP contribution in [-0.4, -0.2) is 43.4 Å². The Kier molecular flexibility index (Phi) is 5.95. The van der Waals surface area contributed by atoms with Crippen LogP contribution in [0.3, 0.4) is 0 Å². The van der Waals surface area contributed by atoms with E-state index in [0.29, 0.717) is 6.54 Å². The van der Waals surface area contributed by atoms with Crippen LogP contribution in [0.2, 0.25) is 0 Å². The van der Waals surface area contributed by atoms with E-state index in [1.54, 1.807) is 12.1 Å². The number of methoxy groups -OCH3 is 1. The van der Waals surface area contributed by atoms with Crippen LogP contribution in [0.5, 0.6) is 5.75 Å². The highest BCUT2D eigenvalue weighted by molar-refractivity contribution is 6.03. The number of aryl methyl sites for hydroxylation is 1. The normalized spacial score (nSPS) is 19.9. The molecule has 1 N–H and O–H groups in total. The first-order chi connectivity index (χ1) is 14.1. The zero-order valence-corrected chi connectivity index (χ0v) is 17.4. The number of nitrogens with one attached hydrogen (secondary N) is 1. The molecule has 29 heavy (non-hydrogen) atoms. The number of quaternary nitrogens is 1. The SMILES string of the molecule is COc1ccc(C2=NN(C(=O)C[NH+]3CCCCC3)[C@H](c3ccc(C)cc3)C2)cc1. The van der Waals surface area contributed by atoms with Crippen molar-refractivity contribution in [2.75, 3.05) is 26.7 Å². The Morgan fingerprint density at radius 2 is 1.76 bits per heavy atom. The number of amides is 1. The molecule has 0 bridgehead atoms. The molecule has 0 saturated carbocycles. The van der Waals surface area contributed by atoms with Gasteiger partial charge in [-0.05, 0) is 61.6 Å². The highest BCUT2D eigenvalue weighted by atomic mass is 16.5. The van der Waals surface area contributed by atoms with Crippen molar-refractivity contribution in [3.05, 3.63) is 65.2 Å². The van der Waals surface area contributed by atoms with Crippen LogP contribution in [0.25, 0.3) is 0 Å². The maximum atomic E-state index is 13.2. The van der Waals surface area contributed by atoms with E-state index in [0.717, 1.165) is 42.1 Å². The first-order valence-electron chi connectivity index (χ1n) is 10.6. The number of carbonyl (C=O) groups excluding carboxylic acids is 1. The number of hydrazone groups is 1. The lowest BCUT2D eigenvalue weighted by Gasteiger charge is -2.27. The number of piperidine rings is 1. The predicted octanol–water partition coefficient (Wildman–Crippen LogP) is 2.75. The fraction of sp³-hybridized carbons (Fsp3) is 0.417. The molecular formula is C24H30N3O2+. The molecule has 1 saturated heterocycles. The van der Waals surface area contributed by atoms with Gasteiger partial charge in [0.1, 0.15) is 5.75 Å². The number of hydrogen-bond acceptors (Lipinski definition) is 3. The summed E-state index contributed by atoms with van der Waals surface area (Å²) in [5, 5.41) is 6.55. The van der Waals surface area contributed by atoms with Crippen LogP contribution in [0.15, 0.2) is 53.6 Å². The van der Waals surface area contributed by atoms with Gasteiger partial charge in [-0.1, -0.05) is 29.8 Å². The van der Waals surface area contributed by atoms with Gasteiger partial charge in [-0.25, -0.2) is 5.01 Å². The summed E-state index contributed by atoms with van der Waals surface area (Å²) in [5.74, 6) is 0.944. The summed E-state index contributed by atoms with van der Waals surface area (Å²) >= 11 is 0. The van der Waals surface area contributed by atoms with E-state index in [1.807, 2.05) is 24.3 Å². The largest absolute Gasteiger partial charge is 0.497 e. The Bertz CT molecular complexity index is 868. The third-order valence-corrected chi connectivity index (χ3v) is 6.01. The molecule has 0 aliphatic carbocycles. The van der Waals surface area contributed by atoms with E-state index >= 15 is 0 Å². The molecule has 5 nitrogen and oxygen atoms in total. The number of nitrogens with zero attached hydrogens (tertiary/aromatic N) is 2. The van der Waals surface area contributed by atoms with Crippen LogP contribution in [0.4, 0.5) is 0 Å². The molecule has 2 heterocycles. The van der Waals surface area contributed by atoms with Gasteiger partial charge in [0.15, 0.2) is 6.54 Å². The van der Waals surface area contributed by atoms with Gasteiger partial charge in [-0.2, -0.15) is 5.10 Å². The van der Waals surface area contributed by atoms with Crippen LogP contribution in [0.1, 0.15) is 48.4 Å². The zero-order valence-electron chi connectivity index (χ0n) is 17.4. The van der Waals surface area contributed by atoms with Crippen molar-refractivity contribution in [1.29, 1.82) is 0 Å². The summed E-state index contributed by atoms with van der Waals surface area (Å²) in [4.78, 5) is 14.6. The van der Waals surface area contributed by atoms with E-state index in [4.69, 9.17) is 9.84 Å². The lowest BCUT2D eigenvalue weighted by Crippen LogP contribution is -3.13. The average molecular weight is 393 g/mol. The summed E-state index contributed by atoms with van der Waals surface area (Å²) < 4.78 is 5.27. The highest BCUT2D eigenvalue weighted by Crippen LogP contribution is 2.33. The van der Waals surface area contributed by atoms with Gasteiger partial charge < -0.3 is 9.64 Å². The summed E-state index contributed by atoms with van der Waals surface area (Å²) in [6.45, 7) is 4.79. The Balaban J connectivity index is 1.59. The maximum absolute atomic E-state index is 13.2. The second kappa shape index (κ2) is 8.78. The molecule has 2 aromatic rings. The Morgan fingerprint density at radius 3 is 2.41 bits per heavy atom. The van der Waals surface area contributed by atoms with Crippen LogP contribution < -0.4 is 9.64 Å². The Morgan fingerprint density at radius 1 is 1.07 bits per heavy atom. The summed E-state index contributed by atoms with van der Waals surface area (Å²) in [7, 11) is 1.67. The predicted molar refractivity (Wildman–Crippen MR) is 114 cm³/mol. The van der Waals surface area contributed by atoms with Crippen molar-refractivity contribution in [3.63, 3.8) is 0 Å². The van der Waals surface area contributed by atoms with E-state index in [1.165, 1.54) is 29.7 Å². The van der Waals surface area contributed by atoms with Crippen LogP contribution in [-0.2, 0) is 4.79 Å². The molecule has 2 aliphatic rings. The van der Waals surface area contributed by atoms with Gasteiger partial charge >= 0.3 is 0 Å². The number of ether oxygens (including phenoxy) is 1. The van der Waals surface area contributed by atoms with Gasteiger partial charge in [0.2, 0.25) is 0 Å². The van der Waals surface area contributed by atoms with Crippen molar-refractivity contribution in [3.8, 4) is 5.75 Å². The molecule has 1 fully saturated rings. The zero-order chi connectivity index (χ0) is 20.2. The van der Waals surface area contributed by atoms with Crippen molar-refractivity contribution in [2.24, 2.45) is 5.10 Å². The van der Waals surface area contributed by atoms with Crippen molar-refractivity contribution >= 4 is 11.6 Å².